The molecular formula is C16H18F2N4. The van der Waals surface area contributed by atoms with Crippen LogP contribution in [0.25, 0.3) is 0 Å². The summed E-state index contributed by atoms with van der Waals surface area (Å²) in [5.74, 6) is -0.793. The van der Waals surface area contributed by atoms with Crippen molar-refractivity contribution in [2.24, 2.45) is 0 Å². The first kappa shape index (κ1) is 14.8. The molecule has 1 aromatic carbocycles. The second kappa shape index (κ2) is 6.36. The van der Waals surface area contributed by atoms with Crippen LogP contribution in [0.15, 0.2) is 30.5 Å². The van der Waals surface area contributed by atoms with Crippen LogP contribution in [0.4, 0.5) is 14.7 Å². The van der Waals surface area contributed by atoms with E-state index in [0.29, 0.717) is 0 Å². The number of aromatic nitrogens is 2. The molecule has 0 spiro atoms. The molecular weight excluding hydrogens is 286 g/mol. The quantitative estimate of drug-likeness (QED) is 0.947. The van der Waals surface area contributed by atoms with E-state index in [1.54, 1.807) is 6.20 Å². The molecule has 0 amide bonds. The predicted molar refractivity (Wildman–Crippen MR) is 79.8 cm³/mol. The SMILES string of the molecule is Nc1nccc([C@H]2CCCCN2Cc2c(F)cccc2F)n1. The molecule has 1 aliphatic rings. The fraction of sp³-hybridized carbons (Fsp3) is 0.375. The van der Waals surface area contributed by atoms with Crippen LogP contribution in [-0.4, -0.2) is 21.4 Å². The minimum atomic E-state index is -0.508. The van der Waals surface area contributed by atoms with Gasteiger partial charge in [0.25, 0.3) is 0 Å². The van der Waals surface area contributed by atoms with Crippen molar-refractivity contribution in [2.75, 3.05) is 12.3 Å². The van der Waals surface area contributed by atoms with Crippen molar-refractivity contribution in [2.45, 2.75) is 31.8 Å². The molecule has 1 atom stereocenters. The molecule has 3 rings (SSSR count). The summed E-state index contributed by atoms with van der Waals surface area (Å²) in [6, 6.07) is 5.79. The van der Waals surface area contributed by atoms with Gasteiger partial charge in [-0.05, 0) is 37.6 Å². The molecule has 2 N–H and O–H groups in total. The Morgan fingerprint density at radius 2 is 1.95 bits per heavy atom. The highest BCUT2D eigenvalue weighted by Crippen LogP contribution is 2.32. The predicted octanol–water partition coefficient (Wildman–Crippen LogP) is 3.06. The van der Waals surface area contributed by atoms with E-state index in [-0.39, 0.29) is 24.1 Å². The second-order valence-corrected chi connectivity index (χ2v) is 5.52. The lowest BCUT2D eigenvalue weighted by Gasteiger charge is -2.35. The molecule has 2 heterocycles. The lowest BCUT2D eigenvalue weighted by molar-refractivity contribution is 0.134. The molecule has 22 heavy (non-hydrogen) atoms. The summed E-state index contributed by atoms with van der Waals surface area (Å²) >= 11 is 0. The largest absolute Gasteiger partial charge is 0.368 e. The number of anilines is 1. The van der Waals surface area contributed by atoms with Gasteiger partial charge in [0.05, 0.1) is 11.7 Å². The molecule has 4 nitrogen and oxygen atoms in total. The molecule has 1 aromatic heterocycles. The highest BCUT2D eigenvalue weighted by atomic mass is 19.1. The highest BCUT2D eigenvalue weighted by Gasteiger charge is 2.27. The van der Waals surface area contributed by atoms with Crippen LogP contribution >= 0.6 is 0 Å². The summed E-state index contributed by atoms with van der Waals surface area (Å²) in [4.78, 5) is 10.2. The molecule has 6 heteroatoms. The van der Waals surface area contributed by atoms with Crippen LogP contribution in [0.3, 0.4) is 0 Å². The van der Waals surface area contributed by atoms with Crippen molar-refractivity contribution in [3.05, 3.63) is 53.4 Å². The summed E-state index contributed by atoms with van der Waals surface area (Å²) in [5.41, 5.74) is 6.57. The average Bonchev–Trinajstić information content (AvgIpc) is 2.51. The Morgan fingerprint density at radius 3 is 2.68 bits per heavy atom. The van der Waals surface area contributed by atoms with E-state index in [2.05, 4.69) is 14.9 Å². The maximum atomic E-state index is 13.9. The third kappa shape index (κ3) is 3.06. The fourth-order valence-corrected chi connectivity index (χ4v) is 2.98. The normalized spacial score (nSPS) is 19.3. The maximum Gasteiger partial charge on any atom is 0.220 e. The Hall–Kier alpha value is -2.08. The number of benzene rings is 1. The summed E-state index contributed by atoms with van der Waals surface area (Å²) in [6.45, 7) is 1.01. The summed E-state index contributed by atoms with van der Waals surface area (Å²) in [7, 11) is 0. The second-order valence-electron chi connectivity index (χ2n) is 5.52. The standard InChI is InChI=1S/C16H18F2N4/c17-12-4-3-5-13(18)11(12)10-22-9-2-1-6-15(22)14-7-8-20-16(19)21-14/h3-5,7-8,15H,1-2,6,9-10H2,(H2,19,20,21)/t15-/m1/s1. The van der Waals surface area contributed by atoms with E-state index in [1.165, 1.54) is 18.2 Å². The van der Waals surface area contributed by atoms with Crippen molar-refractivity contribution >= 4 is 5.95 Å². The van der Waals surface area contributed by atoms with Gasteiger partial charge in [0.1, 0.15) is 11.6 Å². The van der Waals surface area contributed by atoms with Crippen molar-refractivity contribution in [3.63, 3.8) is 0 Å². The van der Waals surface area contributed by atoms with Gasteiger partial charge in [0, 0.05) is 18.3 Å². The van der Waals surface area contributed by atoms with Gasteiger partial charge >= 0.3 is 0 Å². The Kier molecular flexibility index (Phi) is 4.29. The smallest absolute Gasteiger partial charge is 0.220 e. The van der Waals surface area contributed by atoms with Crippen LogP contribution in [-0.2, 0) is 6.54 Å². The Bertz CT molecular complexity index is 642. The van der Waals surface area contributed by atoms with Crippen LogP contribution in [0, 0.1) is 11.6 Å². The summed E-state index contributed by atoms with van der Waals surface area (Å²) in [5, 5.41) is 0. The van der Waals surface area contributed by atoms with E-state index >= 15 is 0 Å². The number of nitrogen functional groups attached to an aromatic ring is 1. The van der Waals surface area contributed by atoms with Gasteiger partial charge in [-0.3, -0.25) is 4.90 Å². The van der Waals surface area contributed by atoms with Gasteiger partial charge < -0.3 is 5.73 Å². The van der Waals surface area contributed by atoms with Crippen molar-refractivity contribution in [1.82, 2.24) is 14.9 Å². The molecule has 1 fully saturated rings. The zero-order valence-electron chi connectivity index (χ0n) is 12.2. The molecule has 2 aromatic rings. The number of hydrogen-bond acceptors (Lipinski definition) is 4. The number of piperidine rings is 1. The van der Waals surface area contributed by atoms with Crippen molar-refractivity contribution in [1.29, 1.82) is 0 Å². The van der Waals surface area contributed by atoms with E-state index < -0.39 is 11.6 Å². The van der Waals surface area contributed by atoms with Crippen LogP contribution in [0.2, 0.25) is 0 Å². The number of hydrogen-bond donors (Lipinski definition) is 1. The maximum absolute atomic E-state index is 13.9. The van der Waals surface area contributed by atoms with Crippen LogP contribution in [0.5, 0.6) is 0 Å². The lowest BCUT2D eigenvalue weighted by atomic mass is 9.98. The Balaban J connectivity index is 1.87. The number of nitrogens with two attached hydrogens (primary N) is 1. The third-order valence-electron chi connectivity index (χ3n) is 4.07. The molecule has 0 saturated carbocycles. The molecule has 0 unspecified atom stereocenters. The zero-order valence-corrected chi connectivity index (χ0v) is 12.2. The first-order valence-electron chi connectivity index (χ1n) is 7.40. The number of halogens is 2. The minimum absolute atomic E-state index is 0.0121. The van der Waals surface area contributed by atoms with Gasteiger partial charge in [-0.1, -0.05) is 12.5 Å². The van der Waals surface area contributed by atoms with E-state index in [1.807, 2.05) is 6.07 Å². The number of likely N-dealkylation sites (tertiary alicyclic amines) is 1. The van der Waals surface area contributed by atoms with Gasteiger partial charge in [-0.15, -0.1) is 0 Å². The first-order chi connectivity index (χ1) is 10.6. The Morgan fingerprint density at radius 1 is 1.18 bits per heavy atom. The molecule has 0 bridgehead atoms. The molecule has 1 saturated heterocycles. The molecule has 1 aliphatic heterocycles. The fourth-order valence-electron chi connectivity index (χ4n) is 2.98. The van der Waals surface area contributed by atoms with Crippen molar-refractivity contribution < 1.29 is 8.78 Å². The Labute approximate surface area is 128 Å². The van der Waals surface area contributed by atoms with Gasteiger partial charge in [-0.25, -0.2) is 18.7 Å². The van der Waals surface area contributed by atoms with Crippen LogP contribution in [0.1, 0.15) is 36.6 Å². The van der Waals surface area contributed by atoms with E-state index in [0.717, 1.165) is 31.5 Å². The molecule has 0 aliphatic carbocycles. The zero-order chi connectivity index (χ0) is 15.5. The van der Waals surface area contributed by atoms with E-state index in [4.69, 9.17) is 5.73 Å². The third-order valence-corrected chi connectivity index (χ3v) is 4.07. The summed E-state index contributed by atoms with van der Waals surface area (Å²) < 4.78 is 27.8. The van der Waals surface area contributed by atoms with E-state index in [9.17, 15) is 8.78 Å². The van der Waals surface area contributed by atoms with Crippen molar-refractivity contribution in [3.8, 4) is 0 Å². The monoisotopic (exact) mass is 304 g/mol. The van der Waals surface area contributed by atoms with Gasteiger partial charge in [0.2, 0.25) is 5.95 Å². The molecule has 116 valence electrons. The lowest BCUT2D eigenvalue weighted by Crippen LogP contribution is -2.34. The highest BCUT2D eigenvalue weighted by molar-refractivity contribution is 5.22. The first-order valence-corrected chi connectivity index (χ1v) is 7.40. The van der Waals surface area contributed by atoms with Gasteiger partial charge in [-0.2, -0.15) is 0 Å². The summed E-state index contributed by atoms with van der Waals surface area (Å²) in [6.07, 6.45) is 4.58. The average molecular weight is 304 g/mol. The molecule has 0 radical (unpaired) electrons. The number of rotatable bonds is 3. The number of nitrogens with zero attached hydrogens (tertiary/aromatic N) is 3. The topological polar surface area (TPSA) is 55.0 Å². The minimum Gasteiger partial charge on any atom is -0.368 e. The van der Waals surface area contributed by atoms with Crippen LogP contribution < -0.4 is 5.73 Å². The van der Waals surface area contributed by atoms with Gasteiger partial charge in [0.15, 0.2) is 0 Å².